The smallest absolute Gasteiger partial charge is 0.271 e. The molecule has 0 saturated carbocycles. The van der Waals surface area contributed by atoms with E-state index in [1.165, 1.54) is 18.0 Å². The lowest BCUT2D eigenvalue weighted by Gasteiger charge is -2.41. The number of rotatable bonds is 12. The second-order valence-electron chi connectivity index (χ2n) is 14.8. The summed E-state index contributed by atoms with van der Waals surface area (Å²) in [5.74, 6) is 0.993. The summed E-state index contributed by atoms with van der Waals surface area (Å²) in [6.07, 6.45) is 0.329. The summed E-state index contributed by atoms with van der Waals surface area (Å²) >= 11 is 1.53. The van der Waals surface area contributed by atoms with Gasteiger partial charge in [0.05, 0.1) is 36.0 Å². The van der Waals surface area contributed by atoms with Gasteiger partial charge in [-0.3, -0.25) is 9.78 Å². The third kappa shape index (κ3) is 8.64. The molecule has 6 aromatic carbocycles. The van der Waals surface area contributed by atoms with Crippen molar-refractivity contribution >= 4 is 28.7 Å². The minimum Gasteiger partial charge on any atom is -0.431 e. The molecule has 10 heteroatoms. The molecule has 1 fully saturated rings. The fourth-order valence-electron chi connectivity index (χ4n) is 7.47. The van der Waals surface area contributed by atoms with Gasteiger partial charge in [-0.25, -0.2) is 9.97 Å². The van der Waals surface area contributed by atoms with E-state index in [1.807, 2.05) is 133 Å². The fraction of sp³-hybridized carbons (Fsp3) is 0.160. The standard InChI is InChI=1S/C50H42N4O5S/c1-32-44(31-60-50-54-45(35-13-4-2-5-14-35)47(59-50)36-15-6-3-7-16-36)57-49(58-46(32)37-24-22-33(30-55)23-25-37)40-19-11-18-39(27-40)38-17-10-12-34(26-38)28-52-48(56)43-29-51-41-20-8-9-21-42(41)53-43/h2-27,29,32,44,46,49,55H,28,30-31H2,1H3,(H,52,56). The molecule has 1 amide bonds. The number of hydrogen-bond acceptors (Lipinski definition) is 9. The zero-order valence-corrected chi connectivity index (χ0v) is 33.7. The molecule has 0 bridgehead atoms. The Hall–Kier alpha value is -6.43. The maximum absolute atomic E-state index is 13.0. The monoisotopic (exact) mass is 810 g/mol. The normalized spacial score (nSPS) is 17.7. The van der Waals surface area contributed by atoms with Gasteiger partial charge in [0, 0.05) is 34.9 Å². The zero-order valence-electron chi connectivity index (χ0n) is 32.8. The molecule has 8 aromatic rings. The van der Waals surface area contributed by atoms with E-state index in [9.17, 15) is 9.90 Å². The Morgan fingerprint density at radius 1 is 0.683 bits per heavy atom. The molecule has 1 saturated heterocycles. The van der Waals surface area contributed by atoms with Crippen molar-refractivity contribution in [1.82, 2.24) is 20.3 Å². The van der Waals surface area contributed by atoms with Crippen LogP contribution in [-0.2, 0) is 22.6 Å². The lowest BCUT2D eigenvalue weighted by Crippen LogP contribution is -2.38. The van der Waals surface area contributed by atoms with Gasteiger partial charge in [0.1, 0.15) is 11.4 Å². The van der Waals surface area contributed by atoms with Crippen molar-refractivity contribution in [3.05, 3.63) is 192 Å². The average Bonchev–Trinajstić information content (AvgIpc) is 3.75. The Labute approximate surface area is 352 Å². The number of aliphatic hydroxyl groups excluding tert-OH is 1. The van der Waals surface area contributed by atoms with E-state index in [2.05, 4.69) is 46.5 Å². The number of ether oxygens (including phenoxy) is 2. The summed E-state index contributed by atoms with van der Waals surface area (Å²) in [5.41, 5.74) is 10.1. The number of thioether (sulfide) groups is 1. The van der Waals surface area contributed by atoms with Gasteiger partial charge in [0.2, 0.25) is 0 Å². The molecule has 0 spiro atoms. The van der Waals surface area contributed by atoms with Gasteiger partial charge in [-0.1, -0.05) is 152 Å². The highest BCUT2D eigenvalue weighted by atomic mass is 32.2. The number of aliphatic hydroxyl groups is 1. The van der Waals surface area contributed by atoms with E-state index in [0.717, 1.165) is 61.5 Å². The highest BCUT2D eigenvalue weighted by molar-refractivity contribution is 7.99. The molecule has 4 unspecified atom stereocenters. The van der Waals surface area contributed by atoms with E-state index in [0.29, 0.717) is 23.0 Å². The Morgan fingerprint density at radius 2 is 1.37 bits per heavy atom. The first-order valence-electron chi connectivity index (χ1n) is 19.9. The maximum atomic E-state index is 13.0. The Balaban J connectivity index is 0.953. The second kappa shape index (κ2) is 17.8. The van der Waals surface area contributed by atoms with E-state index in [-0.39, 0.29) is 36.3 Å². The molecular formula is C50H42N4O5S. The molecule has 1 aliphatic heterocycles. The van der Waals surface area contributed by atoms with Crippen LogP contribution in [-0.4, -0.2) is 37.8 Å². The number of carbonyl (C=O) groups is 1. The molecule has 2 aromatic heterocycles. The van der Waals surface area contributed by atoms with E-state index < -0.39 is 6.29 Å². The van der Waals surface area contributed by atoms with Crippen molar-refractivity contribution in [2.75, 3.05) is 5.75 Å². The summed E-state index contributed by atoms with van der Waals surface area (Å²) < 4.78 is 20.2. The van der Waals surface area contributed by atoms with Crippen LogP contribution in [0, 0.1) is 5.92 Å². The van der Waals surface area contributed by atoms with Gasteiger partial charge < -0.3 is 24.3 Å². The first kappa shape index (κ1) is 39.1. The predicted molar refractivity (Wildman–Crippen MR) is 234 cm³/mol. The first-order chi connectivity index (χ1) is 29.5. The number of carbonyl (C=O) groups excluding carboxylic acids is 1. The first-order valence-corrected chi connectivity index (χ1v) is 20.9. The Morgan fingerprint density at radius 3 is 2.13 bits per heavy atom. The third-order valence-electron chi connectivity index (χ3n) is 10.7. The molecule has 0 radical (unpaired) electrons. The van der Waals surface area contributed by atoms with Crippen molar-refractivity contribution in [2.45, 2.75) is 43.8 Å². The van der Waals surface area contributed by atoms with E-state index >= 15 is 0 Å². The van der Waals surface area contributed by atoms with Crippen LogP contribution in [0.1, 0.15) is 52.1 Å². The zero-order chi connectivity index (χ0) is 40.8. The number of para-hydroxylation sites is 2. The molecule has 3 heterocycles. The number of oxazole rings is 1. The molecule has 60 heavy (non-hydrogen) atoms. The molecule has 1 aliphatic rings. The van der Waals surface area contributed by atoms with Crippen LogP contribution < -0.4 is 5.32 Å². The summed E-state index contributed by atoms with van der Waals surface area (Å²) in [7, 11) is 0. The summed E-state index contributed by atoms with van der Waals surface area (Å²) in [5, 5.41) is 13.3. The maximum Gasteiger partial charge on any atom is 0.271 e. The molecule has 2 N–H and O–H groups in total. The second-order valence-corrected chi connectivity index (χ2v) is 15.7. The average molecular weight is 811 g/mol. The predicted octanol–water partition coefficient (Wildman–Crippen LogP) is 10.6. The van der Waals surface area contributed by atoms with Crippen LogP contribution in [0.25, 0.3) is 44.7 Å². The topological polar surface area (TPSA) is 120 Å². The van der Waals surface area contributed by atoms with Gasteiger partial charge in [-0.15, -0.1) is 0 Å². The molecule has 0 aliphatic carbocycles. The van der Waals surface area contributed by atoms with Gasteiger partial charge >= 0.3 is 0 Å². The van der Waals surface area contributed by atoms with Crippen molar-refractivity contribution in [1.29, 1.82) is 0 Å². The Kier molecular flexibility index (Phi) is 11.6. The quantitative estimate of drug-likeness (QED) is 0.116. The molecule has 9 rings (SSSR count). The van der Waals surface area contributed by atoms with Crippen molar-refractivity contribution in [2.24, 2.45) is 5.92 Å². The van der Waals surface area contributed by atoms with E-state index in [4.69, 9.17) is 18.9 Å². The molecule has 9 nitrogen and oxygen atoms in total. The van der Waals surface area contributed by atoms with Gasteiger partial charge in [0.25, 0.3) is 11.1 Å². The third-order valence-corrected chi connectivity index (χ3v) is 11.7. The SMILES string of the molecule is CC1C(CSc2nc(-c3ccccc3)c(-c3ccccc3)o2)OC(c2cccc(-c3cccc(CNC(=O)c4cnc5ccccc5n4)c3)c2)OC1c1ccc(CO)cc1. The van der Waals surface area contributed by atoms with Crippen LogP contribution >= 0.6 is 11.8 Å². The van der Waals surface area contributed by atoms with Gasteiger partial charge in [0.15, 0.2) is 12.1 Å². The largest absolute Gasteiger partial charge is 0.431 e. The number of nitrogens with zero attached hydrogens (tertiary/aromatic N) is 3. The highest BCUT2D eigenvalue weighted by Crippen LogP contribution is 2.44. The highest BCUT2D eigenvalue weighted by Gasteiger charge is 2.39. The van der Waals surface area contributed by atoms with Crippen molar-refractivity contribution < 1.29 is 23.8 Å². The van der Waals surface area contributed by atoms with Gasteiger partial charge in [-0.05, 0) is 52.1 Å². The van der Waals surface area contributed by atoms with E-state index in [1.54, 1.807) is 0 Å². The van der Waals surface area contributed by atoms with Crippen LogP contribution in [0.3, 0.4) is 0 Å². The summed E-state index contributed by atoms with van der Waals surface area (Å²) in [6.45, 7) is 2.45. The van der Waals surface area contributed by atoms with Crippen LogP contribution in [0.5, 0.6) is 0 Å². The fourth-order valence-corrected chi connectivity index (χ4v) is 8.45. The Bertz CT molecular complexity index is 2670. The molecule has 298 valence electrons. The number of nitrogens with one attached hydrogen (secondary N) is 1. The molecular weight excluding hydrogens is 769 g/mol. The molecule has 4 atom stereocenters. The number of hydrogen-bond donors (Lipinski definition) is 2. The van der Waals surface area contributed by atoms with Gasteiger partial charge in [-0.2, -0.15) is 0 Å². The number of benzene rings is 6. The summed E-state index contributed by atoms with van der Waals surface area (Å²) in [4.78, 5) is 26.9. The van der Waals surface area contributed by atoms with Crippen LogP contribution in [0.4, 0.5) is 0 Å². The van der Waals surface area contributed by atoms with Crippen molar-refractivity contribution in [3.8, 4) is 33.7 Å². The van der Waals surface area contributed by atoms with Crippen molar-refractivity contribution in [3.63, 3.8) is 0 Å². The van der Waals surface area contributed by atoms with Crippen LogP contribution in [0.15, 0.2) is 174 Å². The van der Waals surface area contributed by atoms with Crippen LogP contribution in [0.2, 0.25) is 0 Å². The minimum absolute atomic E-state index is 0.0264. The number of aromatic nitrogens is 3. The summed E-state index contributed by atoms with van der Waals surface area (Å²) in [6, 6.07) is 51.9. The lowest BCUT2D eigenvalue weighted by atomic mass is 9.91. The number of amides is 1. The minimum atomic E-state index is -0.663. The number of fused-ring (bicyclic) bond motifs is 1. The lowest BCUT2D eigenvalue weighted by molar-refractivity contribution is -0.268.